The number of carbonyl (C=O) groups excluding carboxylic acids is 2. The van der Waals surface area contributed by atoms with Crippen LogP contribution in [0.15, 0.2) is 46.2 Å². The van der Waals surface area contributed by atoms with E-state index in [-0.39, 0.29) is 16.3 Å². The van der Waals surface area contributed by atoms with E-state index in [0.29, 0.717) is 21.3 Å². The molecule has 0 aliphatic heterocycles. The Morgan fingerprint density at radius 3 is 1.59 bits per heavy atom. The number of aryl methyl sites for hydroxylation is 1. The smallest absolute Gasteiger partial charge is 0.412 e. The van der Waals surface area contributed by atoms with E-state index in [4.69, 9.17) is 9.47 Å². The zero-order chi connectivity index (χ0) is 28.4. The highest BCUT2D eigenvalue weighted by Gasteiger charge is 2.28. The first-order valence-electron chi connectivity index (χ1n) is 11.9. The first kappa shape index (κ1) is 30.5. The Morgan fingerprint density at radius 1 is 0.757 bits per heavy atom. The van der Waals surface area contributed by atoms with Gasteiger partial charge in [0.25, 0.3) is 0 Å². The molecule has 8 nitrogen and oxygen atoms in total. The number of nitrogens with one attached hydrogen (secondary N) is 2. The third-order valence-electron chi connectivity index (χ3n) is 4.71. The van der Waals surface area contributed by atoms with Crippen LogP contribution in [0.3, 0.4) is 0 Å². The molecule has 0 radical (unpaired) electrons. The minimum absolute atomic E-state index is 0.167. The molecule has 0 unspecified atom stereocenters. The van der Waals surface area contributed by atoms with Gasteiger partial charge in [-0.15, -0.1) is 0 Å². The van der Waals surface area contributed by atoms with Crippen LogP contribution in [-0.4, -0.2) is 31.8 Å². The van der Waals surface area contributed by atoms with Gasteiger partial charge >= 0.3 is 12.2 Å². The van der Waals surface area contributed by atoms with Gasteiger partial charge in [-0.1, -0.05) is 38.5 Å². The van der Waals surface area contributed by atoms with Gasteiger partial charge in [-0.25, -0.2) is 18.0 Å². The summed E-state index contributed by atoms with van der Waals surface area (Å²) in [5, 5.41) is 5.33. The monoisotopic (exact) mass is 550 g/mol. The van der Waals surface area contributed by atoms with Gasteiger partial charge in [0.1, 0.15) is 11.2 Å². The number of ether oxygens (including phenoxy) is 2. The summed E-state index contributed by atoms with van der Waals surface area (Å²) in [6, 6.07) is 9.79. The lowest BCUT2D eigenvalue weighted by atomic mass is 9.86. The van der Waals surface area contributed by atoms with E-state index in [0.717, 1.165) is 5.56 Å². The van der Waals surface area contributed by atoms with Crippen LogP contribution in [0, 0.1) is 6.92 Å². The zero-order valence-corrected chi connectivity index (χ0v) is 24.9. The Hall–Kier alpha value is -2.72. The largest absolute Gasteiger partial charge is 0.444 e. The molecule has 0 fully saturated rings. The van der Waals surface area contributed by atoms with Crippen molar-refractivity contribution in [2.75, 3.05) is 10.6 Å². The second-order valence-corrected chi connectivity index (χ2v) is 15.6. The number of carbonyl (C=O) groups is 2. The maximum absolute atomic E-state index is 13.3. The van der Waals surface area contributed by atoms with E-state index in [1.165, 1.54) is 6.07 Å². The van der Waals surface area contributed by atoms with Crippen LogP contribution < -0.4 is 10.6 Å². The zero-order valence-electron chi connectivity index (χ0n) is 23.2. The predicted octanol–water partition coefficient (Wildman–Crippen LogP) is 7.47. The molecule has 2 N–H and O–H groups in total. The Kier molecular flexibility index (Phi) is 9.03. The van der Waals surface area contributed by atoms with Crippen molar-refractivity contribution in [3.05, 3.63) is 47.5 Å². The Morgan fingerprint density at radius 2 is 1.19 bits per heavy atom. The van der Waals surface area contributed by atoms with E-state index in [1.54, 1.807) is 71.9 Å². The van der Waals surface area contributed by atoms with Crippen molar-refractivity contribution in [3.63, 3.8) is 0 Å². The van der Waals surface area contributed by atoms with Gasteiger partial charge in [0, 0.05) is 15.7 Å². The van der Waals surface area contributed by atoms with Gasteiger partial charge < -0.3 is 9.47 Å². The number of rotatable bonds is 5. The summed E-state index contributed by atoms with van der Waals surface area (Å²) in [6.45, 7) is 18.1. The Bertz CT molecular complexity index is 1250. The predicted molar refractivity (Wildman–Crippen MR) is 149 cm³/mol. The molecule has 2 amide bonds. The van der Waals surface area contributed by atoms with Crippen LogP contribution in [0.1, 0.15) is 73.4 Å². The molecule has 0 aliphatic carbocycles. The molecule has 2 rings (SSSR count). The average molecular weight is 551 g/mol. The fourth-order valence-corrected chi connectivity index (χ4v) is 6.31. The minimum atomic E-state index is -3.79. The second kappa shape index (κ2) is 10.9. The van der Waals surface area contributed by atoms with Gasteiger partial charge in [-0.05, 0) is 83.7 Å². The number of anilines is 2. The summed E-state index contributed by atoms with van der Waals surface area (Å²) in [4.78, 5) is 25.8. The molecule has 0 bridgehead atoms. The highest BCUT2D eigenvalue weighted by molar-refractivity contribution is 8.72. The maximum Gasteiger partial charge on any atom is 0.412 e. The van der Waals surface area contributed by atoms with Crippen molar-refractivity contribution < 1.29 is 27.5 Å². The Labute approximate surface area is 224 Å². The second-order valence-electron chi connectivity index (χ2n) is 11.7. The lowest BCUT2D eigenvalue weighted by molar-refractivity contribution is 0.0620. The van der Waals surface area contributed by atoms with Crippen LogP contribution in [0.2, 0.25) is 0 Å². The third-order valence-corrected chi connectivity index (χ3v) is 8.07. The SMILES string of the molecule is Cc1ccc(S(=O)(=O)Sc2cc(NC(=O)OC(C)(C)C)c(NC(=O)OC(C)(C)C)cc2C(C)(C)C)cc1. The maximum atomic E-state index is 13.3. The molecule has 2 aromatic carbocycles. The number of hydrogen-bond donors (Lipinski definition) is 2. The average Bonchev–Trinajstić information content (AvgIpc) is 2.66. The van der Waals surface area contributed by atoms with Gasteiger partial charge in [0.05, 0.1) is 16.3 Å². The van der Waals surface area contributed by atoms with Crippen LogP contribution in [0.5, 0.6) is 0 Å². The van der Waals surface area contributed by atoms with E-state index in [9.17, 15) is 18.0 Å². The highest BCUT2D eigenvalue weighted by atomic mass is 33.1. The quantitative estimate of drug-likeness (QED) is 0.372. The Balaban J connectivity index is 2.63. The number of benzene rings is 2. The fourth-order valence-electron chi connectivity index (χ4n) is 3.14. The van der Waals surface area contributed by atoms with Crippen molar-refractivity contribution in [1.82, 2.24) is 0 Å². The molecule has 0 atom stereocenters. The standard InChI is InChI=1S/C27H38N2O6S2/c1-17-11-13-18(14-12-17)37(32,33)36-22-16-21(29-24(31)35-27(8,9)10)20(15-19(22)25(2,3)4)28-23(30)34-26(5,6)7/h11-16H,1-10H3,(H,28,30)(H,29,31). The minimum Gasteiger partial charge on any atom is -0.444 e. The topological polar surface area (TPSA) is 111 Å². The summed E-state index contributed by atoms with van der Waals surface area (Å²) < 4.78 is 37.4. The molecule has 0 aliphatic rings. The molecule has 10 heteroatoms. The molecule has 0 saturated heterocycles. The molecule has 37 heavy (non-hydrogen) atoms. The van der Waals surface area contributed by atoms with E-state index < -0.39 is 37.7 Å². The van der Waals surface area contributed by atoms with Gasteiger partial charge in [-0.2, -0.15) is 0 Å². The molecule has 0 spiro atoms. The fraction of sp³-hybridized carbons (Fsp3) is 0.481. The highest BCUT2D eigenvalue weighted by Crippen LogP contribution is 2.42. The van der Waals surface area contributed by atoms with E-state index in [1.807, 2.05) is 27.7 Å². The molecule has 204 valence electrons. The number of amides is 2. The van der Waals surface area contributed by atoms with Gasteiger partial charge in [-0.3, -0.25) is 10.6 Å². The van der Waals surface area contributed by atoms with Gasteiger partial charge in [0.15, 0.2) is 0 Å². The molecular weight excluding hydrogens is 512 g/mol. The van der Waals surface area contributed by atoms with E-state index >= 15 is 0 Å². The van der Waals surface area contributed by atoms with Crippen molar-refractivity contribution in [1.29, 1.82) is 0 Å². The van der Waals surface area contributed by atoms with Crippen molar-refractivity contribution in [3.8, 4) is 0 Å². The summed E-state index contributed by atoms with van der Waals surface area (Å²) in [5.74, 6) is 0. The lowest BCUT2D eigenvalue weighted by Gasteiger charge is -2.26. The van der Waals surface area contributed by atoms with Crippen molar-refractivity contribution >= 4 is 43.2 Å². The van der Waals surface area contributed by atoms with Crippen LogP contribution in [0.4, 0.5) is 21.0 Å². The molecule has 0 aromatic heterocycles. The van der Waals surface area contributed by atoms with Crippen LogP contribution in [-0.2, 0) is 23.8 Å². The molecule has 0 heterocycles. The van der Waals surface area contributed by atoms with Crippen molar-refractivity contribution in [2.45, 2.75) is 95.6 Å². The normalized spacial score (nSPS) is 12.6. The van der Waals surface area contributed by atoms with E-state index in [2.05, 4.69) is 10.6 Å². The summed E-state index contributed by atoms with van der Waals surface area (Å²) in [5.41, 5.74) is 0.0280. The molecule has 2 aromatic rings. The summed E-state index contributed by atoms with van der Waals surface area (Å²) in [7, 11) is -3.10. The first-order valence-corrected chi connectivity index (χ1v) is 14.7. The first-order chi connectivity index (χ1) is 16.7. The third kappa shape index (κ3) is 9.59. The summed E-state index contributed by atoms with van der Waals surface area (Å²) >= 11 is 0. The van der Waals surface area contributed by atoms with Crippen molar-refractivity contribution in [2.24, 2.45) is 0 Å². The van der Waals surface area contributed by atoms with Crippen LogP contribution in [0.25, 0.3) is 0 Å². The van der Waals surface area contributed by atoms with Crippen LogP contribution >= 0.6 is 10.8 Å². The molecular formula is C27H38N2O6S2. The summed E-state index contributed by atoms with van der Waals surface area (Å²) in [6.07, 6.45) is -1.46. The lowest BCUT2D eigenvalue weighted by Crippen LogP contribution is -2.29. The number of hydrogen-bond acceptors (Lipinski definition) is 7. The van der Waals surface area contributed by atoms with Gasteiger partial charge in [0.2, 0.25) is 8.87 Å². The molecule has 0 saturated carbocycles.